The molecule has 0 spiro atoms. The van der Waals surface area contributed by atoms with Gasteiger partial charge in [-0.3, -0.25) is 4.79 Å². The Morgan fingerprint density at radius 2 is 1.88 bits per heavy atom. The number of hydrogen-bond acceptors (Lipinski definition) is 5. The average molecular weight is 382 g/mol. The lowest BCUT2D eigenvalue weighted by Gasteiger charge is -2.34. The highest BCUT2D eigenvalue weighted by Gasteiger charge is 2.32. The fourth-order valence-corrected chi connectivity index (χ4v) is 4.92. The van der Waals surface area contributed by atoms with Crippen molar-refractivity contribution in [2.75, 3.05) is 26.2 Å². The highest BCUT2D eigenvalue weighted by atomic mass is 32.2. The Bertz CT molecular complexity index is 753. The lowest BCUT2D eigenvalue weighted by molar-refractivity contribution is -0.124. The summed E-state index contributed by atoms with van der Waals surface area (Å²) < 4.78 is 32.2. The minimum absolute atomic E-state index is 0.0614. The molecule has 0 radical (unpaired) electrons. The van der Waals surface area contributed by atoms with Crippen LogP contribution in [0.4, 0.5) is 0 Å². The molecule has 1 aromatic rings. The van der Waals surface area contributed by atoms with Gasteiger partial charge in [-0.25, -0.2) is 13.2 Å². The molecule has 7 nitrogen and oxygen atoms in total. The monoisotopic (exact) mass is 382 g/mol. The normalized spacial score (nSPS) is 21.2. The van der Waals surface area contributed by atoms with E-state index in [1.807, 2.05) is 13.8 Å². The summed E-state index contributed by atoms with van der Waals surface area (Å²) in [5.41, 5.74) is 0.105. The summed E-state index contributed by atoms with van der Waals surface area (Å²) in [4.78, 5) is 23.5. The van der Waals surface area contributed by atoms with Gasteiger partial charge in [0, 0.05) is 19.6 Å². The third-order valence-electron chi connectivity index (χ3n) is 4.25. The van der Waals surface area contributed by atoms with Crippen molar-refractivity contribution < 1.29 is 22.7 Å². The molecule has 0 aromatic heterocycles. The molecule has 144 valence electrons. The second kappa shape index (κ2) is 8.64. The van der Waals surface area contributed by atoms with E-state index < -0.39 is 28.5 Å². The summed E-state index contributed by atoms with van der Waals surface area (Å²) >= 11 is 0. The van der Waals surface area contributed by atoms with Gasteiger partial charge in [0.2, 0.25) is 10.0 Å². The molecule has 2 atom stereocenters. The standard InChI is InChI=1S/C18H26N2O5S/c1-4-19-17(21)12-25-18(22)15-6-5-7-16(9-15)26(23,24)20-10-13(2)8-14(3)11-20/h5-7,9,13-14H,4,8,10-12H2,1-3H3,(H,19,21). The molecule has 1 heterocycles. The van der Waals surface area contributed by atoms with E-state index in [-0.39, 0.29) is 10.5 Å². The number of rotatable bonds is 6. The number of nitrogens with zero attached hydrogens (tertiary/aromatic N) is 1. The Morgan fingerprint density at radius 1 is 1.23 bits per heavy atom. The van der Waals surface area contributed by atoms with Crippen LogP contribution in [-0.2, 0) is 19.6 Å². The molecule has 1 aromatic carbocycles. The molecule has 1 aliphatic rings. The van der Waals surface area contributed by atoms with Crippen LogP contribution in [0.25, 0.3) is 0 Å². The summed E-state index contributed by atoms with van der Waals surface area (Å²) in [6.45, 7) is 6.82. The van der Waals surface area contributed by atoms with Crippen molar-refractivity contribution in [2.24, 2.45) is 11.8 Å². The molecule has 1 fully saturated rings. The van der Waals surface area contributed by atoms with Crippen molar-refractivity contribution in [1.82, 2.24) is 9.62 Å². The first-order valence-electron chi connectivity index (χ1n) is 8.78. The lowest BCUT2D eigenvalue weighted by Crippen LogP contribution is -2.42. The number of esters is 1. The van der Waals surface area contributed by atoms with Crippen LogP contribution >= 0.6 is 0 Å². The first-order valence-corrected chi connectivity index (χ1v) is 10.2. The van der Waals surface area contributed by atoms with E-state index in [9.17, 15) is 18.0 Å². The molecule has 0 saturated carbocycles. The topological polar surface area (TPSA) is 92.8 Å². The van der Waals surface area contributed by atoms with Gasteiger partial charge in [0.1, 0.15) is 0 Å². The number of hydrogen-bond donors (Lipinski definition) is 1. The third-order valence-corrected chi connectivity index (χ3v) is 6.08. The number of piperidine rings is 1. The predicted octanol–water partition coefficient (Wildman–Crippen LogP) is 1.65. The van der Waals surface area contributed by atoms with Crippen LogP contribution in [0, 0.1) is 11.8 Å². The number of likely N-dealkylation sites (N-methyl/N-ethyl adjacent to an activating group) is 1. The van der Waals surface area contributed by atoms with Crippen molar-refractivity contribution in [3.8, 4) is 0 Å². The predicted molar refractivity (Wildman–Crippen MR) is 97.1 cm³/mol. The number of carbonyl (C=O) groups is 2. The lowest BCUT2D eigenvalue weighted by atomic mass is 9.94. The Balaban J connectivity index is 2.14. The highest BCUT2D eigenvalue weighted by molar-refractivity contribution is 7.89. The summed E-state index contributed by atoms with van der Waals surface area (Å²) in [5.74, 6) is -0.549. The van der Waals surface area contributed by atoms with Crippen LogP contribution in [0.1, 0.15) is 37.6 Å². The van der Waals surface area contributed by atoms with Gasteiger partial charge < -0.3 is 10.1 Å². The maximum absolute atomic E-state index is 12.9. The van der Waals surface area contributed by atoms with Crippen LogP contribution in [0.3, 0.4) is 0 Å². The van der Waals surface area contributed by atoms with Crippen molar-refractivity contribution in [3.05, 3.63) is 29.8 Å². The second-order valence-corrected chi connectivity index (χ2v) is 8.76. The zero-order valence-corrected chi connectivity index (χ0v) is 16.2. The number of sulfonamides is 1. The molecule has 0 aliphatic carbocycles. The molecule has 1 N–H and O–H groups in total. The number of nitrogens with one attached hydrogen (secondary N) is 1. The maximum atomic E-state index is 12.9. The summed E-state index contributed by atoms with van der Waals surface area (Å²) in [7, 11) is -3.68. The van der Waals surface area contributed by atoms with Gasteiger partial charge in [-0.15, -0.1) is 0 Å². The minimum Gasteiger partial charge on any atom is -0.452 e. The van der Waals surface area contributed by atoms with Crippen LogP contribution in [0.2, 0.25) is 0 Å². The molecule has 0 bridgehead atoms. The molecule has 2 rings (SSSR count). The van der Waals surface area contributed by atoms with Gasteiger partial charge in [0.15, 0.2) is 6.61 Å². The second-order valence-electron chi connectivity index (χ2n) is 6.83. The summed E-state index contributed by atoms with van der Waals surface area (Å²) in [6.07, 6.45) is 0.998. The van der Waals surface area contributed by atoms with Gasteiger partial charge in [-0.05, 0) is 43.4 Å². The molecular weight excluding hydrogens is 356 g/mol. The summed E-state index contributed by atoms with van der Waals surface area (Å²) in [5, 5.41) is 2.52. The van der Waals surface area contributed by atoms with Crippen molar-refractivity contribution in [1.29, 1.82) is 0 Å². The molecule has 1 amide bonds. The molecule has 2 unspecified atom stereocenters. The van der Waals surface area contributed by atoms with Gasteiger partial charge in [0.25, 0.3) is 5.91 Å². The Morgan fingerprint density at radius 3 is 2.50 bits per heavy atom. The van der Waals surface area contributed by atoms with E-state index in [2.05, 4.69) is 5.32 Å². The molecule has 1 aliphatic heterocycles. The van der Waals surface area contributed by atoms with Crippen LogP contribution in [0.15, 0.2) is 29.2 Å². The van der Waals surface area contributed by atoms with Crippen molar-refractivity contribution in [3.63, 3.8) is 0 Å². The Kier molecular flexibility index (Phi) is 6.77. The molecular formula is C18H26N2O5S. The first kappa shape index (κ1) is 20.4. The number of carbonyl (C=O) groups excluding carboxylic acids is 2. The Labute approximate surface area is 154 Å². The van der Waals surface area contributed by atoms with E-state index in [0.29, 0.717) is 31.5 Å². The number of benzene rings is 1. The maximum Gasteiger partial charge on any atom is 0.338 e. The van der Waals surface area contributed by atoms with E-state index in [1.54, 1.807) is 6.92 Å². The van der Waals surface area contributed by atoms with Gasteiger partial charge >= 0.3 is 5.97 Å². The van der Waals surface area contributed by atoms with Gasteiger partial charge in [-0.2, -0.15) is 4.31 Å². The van der Waals surface area contributed by atoms with Crippen LogP contribution in [-0.4, -0.2) is 50.8 Å². The first-order chi connectivity index (χ1) is 12.2. The quantitative estimate of drug-likeness (QED) is 0.755. The van der Waals surface area contributed by atoms with E-state index in [0.717, 1.165) is 6.42 Å². The highest BCUT2D eigenvalue weighted by Crippen LogP contribution is 2.27. The smallest absolute Gasteiger partial charge is 0.338 e. The Hall–Kier alpha value is -1.93. The van der Waals surface area contributed by atoms with Crippen LogP contribution < -0.4 is 5.32 Å². The zero-order chi connectivity index (χ0) is 19.3. The van der Waals surface area contributed by atoms with Gasteiger partial charge in [-0.1, -0.05) is 19.9 Å². The molecule has 26 heavy (non-hydrogen) atoms. The van der Waals surface area contributed by atoms with E-state index in [1.165, 1.54) is 28.6 Å². The zero-order valence-electron chi connectivity index (χ0n) is 15.4. The van der Waals surface area contributed by atoms with Gasteiger partial charge in [0.05, 0.1) is 10.5 Å². The van der Waals surface area contributed by atoms with Crippen LogP contribution in [0.5, 0.6) is 0 Å². The van der Waals surface area contributed by atoms with Crippen molar-refractivity contribution >= 4 is 21.9 Å². The molecule has 8 heteroatoms. The van der Waals surface area contributed by atoms with Crippen molar-refractivity contribution in [2.45, 2.75) is 32.1 Å². The third kappa shape index (κ3) is 5.04. The van der Waals surface area contributed by atoms with E-state index in [4.69, 9.17) is 4.74 Å². The van der Waals surface area contributed by atoms with E-state index >= 15 is 0 Å². The fourth-order valence-electron chi connectivity index (χ4n) is 3.20. The number of ether oxygens (including phenoxy) is 1. The summed E-state index contributed by atoms with van der Waals surface area (Å²) in [6, 6.07) is 5.76. The SMILES string of the molecule is CCNC(=O)COC(=O)c1cccc(S(=O)(=O)N2CC(C)CC(C)C2)c1. The number of amides is 1. The molecule has 1 saturated heterocycles. The average Bonchev–Trinajstić information content (AvgIpc) is 2.59. The minimum atomic E-state index is -3.68. The largest absolute Gasteiger partial charge is 0.452 e. The fraction of sp³-hybridized carbons (Fsp3) is 0.556.